The molecule has 0 spiro atoms. The Labute approximate surface area is 204 Å². The van der Waals surface area contributed by atoms with Gasteiger partial charge in [-0.05, 0) is 24.1 Å². The first-order valence-electron chi connectivity index (χ1n) is 10.8. The molecule has 4 heterocycles. The minimum atomic E-state index is -0.577. The van der Waals surface area contributed by atoms with Crippen LogP contribution in [-0.4, -0.2) is 50.9 Å². The quantitative estimate of drug-likeness (QED) is 0.299. The van der Waals surface area contributed by atoms with Gasteiger partial charge in [-0.25, -0.2) is 9.97 Å². The van der Waals surface area contributed by atoms with E-state index in [2.05, 4.69) is 15.0 Å². The number of nitrogens with zero attached hydrogens (tertiary/aromatic N) is 4. The molecule has 3 aromatic heterocycles. The van der Waals surface area contributed by atoms with Crippen molar-refractivity contribution in [3.63, 3.8) is 0 Å². The van der Waals surface area contributed by atoms with Gasteiger partial charge in [-0.2, -0.15) is 0 Å². The van der Waals surface area contributed by atoms with Gasteiger partial charge in [0.2, 0.25) is 0 Å². The molecule has 178 valence electrons. The molecule has 1 aliphatic rings. The van der Waals surface area contributed by atoms with Crippen LogP contribution >= 0.6 is 11.3 Å². The predicted molar refractivity (Wildman–Crippen MR) is 131 cm³/mol. The highest BCUT2D eigenvalue weighted by Crippen LogP contribution is 2.36. The lowest BCUT2D eigenvalue weighted by molar-refractivity contribution is -0.385. The fourth-order valence-corrected chi connectivity index (χ4v) is 4.64. The topological polar surface area (TPSA) is 123 Å². The van der Waals surface area contributed by atoms with Gasteiger partial charge in [0.25, 0.3) is 11.6 Å². The number of carbonyl (C=O) groups excluding carboxylic acids is 1. The number of fused-ring (bicyclic) bond motifs is 1. The van der Waals surface area contributed by atoms with E-state index in [1.165, 1.54) is 30.6 Å². The van der Waals surface area contributed by atoms with Gasteiger partial charge in [0, 0.05) is 47.9 Å². The van der Waals surface area contributed by atoms with Gasteiger partial charge in [-0.15, -0.1) is 11.3 Å². The molecular formula is C24H21N5O5S. The Balaban J connectivity index is 1.39. The maximum absolute atomic E-state index is 13.3. The number of aromatic nitrogens is 3. The smallest absolute Gasteiger partial charge is 0.286 e. The summed E-state index contributed by atoms with van der Waals surface area (Å²) in [5.41, 5.74) is 4.96. The number of methoxy groups -OCH3 is 1. The second-order valence-corrected chi connectivity index (χ2v) is 8.60. The van der Waals surface area contributed by atoms with Gasteiger partial charge in [0.1, 0.15) is 17.8 Å². The molecule has 4 aromatic rings. The normalized spacial score (nSPS) is 13.5. The summed E-state index contributed by atoms with van der Waals surface area (Å²) >= 11 is 1.42. The highest BCUT2D eigenvalue weighted by molar-refractivity contribution is 7.07. The number of thiazole rings is 1. The standard InChI is InChI=1S/C24H21N5O5S/c1-33-21-9-18(20(29(31)32)10-22(21)34-12-16-13-35-14-27-16)24(30)28-7-4-15(5-8-28)19-11-26-23-17(19)3-2-6-25-23/h2-4,6,9-11,13-14H,5,7-8,12H2,1H3,(H,25,26). The van der Waals surface area contributed by atoms with Gasteiger partial charge >= 0.3 is 0 Å². The first-order valence-corrected chi connectivity index (χ1v) is 11.8. The van der Waals surface area contributed by atoms with E-state index in [9.17, 15) is 14.9 Å². The number of H-pyrrole nitrogens is 1. The van der Waals surface area contributed by atoms with Crippen molar-refractivity contribution in [2.45, 2.75) is 13.0 Å². The van der Waals surface area contributed by atoms with Crippen molar-refractivity contribution in [2.24, 2.45) is 0 Å². The number of ether oxygens (including phenoxy) is 2. The lowest BCUT2D eigenvalue weighted by atomic mass is 9.99. The third-order valence-electron chi connectivity index (χ3n) is 5.86. The summed E-state index contributed by atoms with van der Waals surface area (Å²) in [6, 6.07) is 6.50. The number of hydrogen-bond donors (Lipinski definition) is 1. The molecule has 1 amide bonds. The van der Waals surface area contributed by atoms with E-state index in [0.29, 0.717) is 25.2 Å². The molecular weight excluding hydrogens is 470 g/mol. The maximum atomic E-state index is 13.3. The van der Waals surface area contributed by atoms with Crippen LogP contribution in [0.5, 0.6) is 11.5 Å². The fraction of sp³-hybridized carbons (Fsp3) is 0.208. The Bertz CT molecular complexity index is 1430. The van der Waals surface area contributed by atoms with Crippen LogP contribution in [0, 0.1) is 10.1 Å². The summed E-state index contributed by atoms with van der Waals surface area (Å²) < 4.78 is 11.1. The predicted octanol–water partition coefficient (Wildman–Crippen LogP) is 4.44. The zero-order chi connectivity index (χ0) is 24.4. The summed E-state index contributed by atoms with van der Waals surface area (Å²) in [4.78, 5) is 37.8. The zero-order valence-electron chi connectivity index (χ0n) is 18.8. The maximum Gasteiger partial charge on any atom is 0.286 e. The molecule has 11 heteroatoms. The largest absolute Gasteiger partial charge is 0.493 e. The van der Waals surface area contributed by atoms with E-state index in [1.807, 2.05) is 29.8 Å². The number of nitrogens with one attached hydrogen (secondary N) is 1. The van der Waals surface area contributed by atoms with Crippen molar-refractivity contribution in [1.82, 2.24) is 19.9 Å². The first-order chi connectivity index (χ1) is 17.0. The molecule has 0 fully saturated rings. The second-order valence-electron chi connectivity index (χ2n) is 7.88. The molecule has 1 N–H and O–H groups in total. The molecule has 10 nitrogen and oxygen atoms in total. The van der Waals surface area contributed by atoms with Crippen molar-refractivity contribution in [3.8, 4) is 11.5 Å². The van der Waals surface area contributed by atoms with E-state index >= 15 is 0 Å². The van der Waals surface area contributed by atoms with Crippen molar-refractivity contribution >= 4 is 39.5 Å². The zero-order valence-corrected chi connectivity index (χ0v) is 19.6. The summed E-state index contributed by atoms with van der Waals surface area (Å²) in [5, 5.41) is 14.7. The number of pyridine rings is 1. The number of nitro groups is 1. The van der Waals surface area contributed by atoms with E-state index in [1.54, 1.807) is 16.6 Å². The Morgan fingerprint density at radius 3 is 2.91 bits per heavy atom. The van der Waals surface area contributed by atoms with E-state index in [0.717, 1.165) is 22.2 Å². The van der Waals surface area contributed by atoms with Crippen molar-refractivity contribution in [2.75, 3.05) is 20.2 Å². The number of hydrogen-bond acceptors (Lipinski definition) is 8. The van der Waals surface area contributed by atoms with Crippen LogP contribution in [0.2, 0.25) is 0 Å². The fourth-order valence-electron chi connectivity index (χ4n) is 4.09. The van der Waals surface area contributed by atoms with E-state index in [4.69, 9.17) is 9.47 Å². The minimum Gasteiger partial charge on any atom is -0.493 e. The second kappa shape index (κ2) is 9.55. The highest BCUT2D eigenvalue weighted by Gasteiger charge is 2.29. The van der Waals surface area contributed by atoms with Crippen LogP contribution in [0.25, 0.3) is 16.6 Å². The minimum absolute atomic E-state index is 0.0407. The Kier molecular flexibility index (Phi) is 6.15. The van der Waals surface area contributed by atoms with Crippen molar-refractivity contribution in [1.29, 1.82) is 0 Å². The molecule has 0 unspecified atom stereocenters. The molecule has 1 aromatic carbocycles. The van der Waals surface area contributed by atoms with Crippen molar-refractivity contribution in [3.05, 3.63) is 80.6 Å². The average Bonchev–Trinajstić information content (AvgIpc) is 3.57. The lowest BCUT2D eigenvalue weighted by Crippen LogP contribution is -2.35. The SMILES string of the molecule is COc1cc(C(=O)N2CC=C(c3c[nH]c4ncccc34)CC2)c([N+](=O)[O-])cc1OCc1cscn1. The lowest BCUT2D eigenvalue weighted by Gasteiger charge is -2.26. The third kappa shape index (κ3) is 4.45. The van der Waals surface area contributed by atoms with E-state index < -0.39 is 10.8 Å². The molecule has 0 radical (unpaired) electrons. The van der Waals surface area contributed by atoms with Crippen LogP contribution in [-0.2, 0) is 6.61 Å². The number of carbonyl (C=O) groups is 1. The molecule has 0 saturated carbocycles. The first kappa shape index (κ1) is 22.5. The Morgan fingerprint density at radius 2 is 2.20 bits per heavy atom. The number of amides is 1. The van der Waals surface area contributed by atoms with Crippen molar-refractivity contribution < 1.29 is 19.2 Å². The highest BCUT2D eigenvalue weighted by atomic mass is 32.1. The van der Waals surface area contributed by atoms with Crippen LogP contribution in [0.15, 0.2) is 53.6 Å². The van der Waals surface area contributed by atoms with Crippen LogP contribution in [0.1, 0.15) is 28.0 Å². The molecule has 0 atom stereocenters. The van der Waals surface area contributed by atoms with Gasteiger partial charge < -0.3 is 19.4 Å². The summed E-state index contributed by atoms with van der Waals surface area (Å²) in [6.45, 7) is 0.898. The summed E-state index contributed by atoms with van der Waals surface area (Å²) in [5.74, 6) is -0.0109. The molecule has 0 saturated heterocycles. The van der Waals surface area contributed by atoms with Gasteiger partial charge in [0.05, 0.1) is 29.3 Å². The van der Waals surface area contributed by atoms with Crippen LogP contribution in [0.4, 0.5) is 5.69 Å². The molecule has 0 bridgehead atoms. The Morgan fingerprint density at radius 1 is 1.31 bits per heavy atom. The van der Waals surface area contributed by atoms with E-state index in [-0.39, 0.29) is 29.4 Å². The molecule has 35 heavy (non-hydrogen) atoms. The van der Waals surface area contributed by atoms with Crippen LogP contribution in [0.3, 0.4) is 0 Å². The number of benzene rings is 1. The Hall–Kier alpha value is -4.25. The van der Waals surface area contributed by atoms with Gasteiger partial charge in [0.15, 0.2) is 11.5 Å². The number of rotatable bonds is 7. The monoisotopic (exact) mass is 491 g/mol. The summed E-state index contributed by atoms with van der Waals surface area (Å²) in [6.07, 6.45) is 6.24. The van der Waals surface area contributed by atoms with Gasteiger partial charge in [-0.1, -0.05) is 6.08 Å². The van der Waals surface area contributed by atoms with Gasteiger partial charge in [-0.3, -0.25) is 14.9 Å². The molecule has 0 aliphatic carbocycles. The number of nitro benzene ring substituents is 1. The third-order valence-corrected chi connectivity index (χ3v) is 6.50. The number of aromatic amines is 1. The summed E-state index contributed by atoms with van der Waals surface area (Å²) in [7, 11) is 1.43. The average molecular weight is 492 g/mol. The molecule has 1 aliphatic heterocycles. The van der Waals surface area contributed by atoms with Crippen LogP contribution < -0.4 is 9.47 Å². The molecule has 5 rings (SSSR count).